The average Bonchev–Trinajstić information content (AvgIpc) is 2.27. The molecule has 0 radical (unpaired) electrons. The van der Waals surface area contributed by atoms with E-state index in [1.165, 1.54) is 4.31 Å². The lowest BCUT2D eigenvalue weighted by Crippen LogP contribution is -2.56. The molecule has 8 heteroatoms. The lowest BCUT2D eigenvalue weighted by atomic mass is 9.93. The Morgan fingerprint density at radius 3 is 1.79 bits per heavy atom. The first-order chi connectivity index (χ1) is 8.58. The van der Waals surface area contributed by atoms with E-state index in [1.807, 2.05) is 20.8 Å². The van der Waals surface area contributed by atoms with Crippen LogP contribution >= 0.6 is 0 Å². The van der Waals surface area contributed by atoms with E-state index in [-0.39, 0.29) is 13.1 Å². The fraction of sp³-hybridized carbons (Fsp3) is 1.00. The largest absolute Gasteiger partial charge is 0.329 e. The van der Waals surface area contributed by atoms with Crippen LogP contribution in [-0.2, 0) is 19.9 Å². The molecule has 0 fully saturated rings. The highest BCUT2D eigenvalue weighted by Crippen LogP contribution is 2.27. The molecule has 6 nitrogen and oxygen atoms in total. The van der Waals surface area contributed by atoms with Gasteiger partial charge in [-0.1, -0.05) is 20.8 Å². The van der Waals surface area contributed by atoms with Gasteiger partial charge in [0.25, 0.3) is 0 Å². The van der Waals surface area contributed by atoms with E-state index >= 15 is 0 Å². The molecule has 0 atom stereocenters. The Morgan fingerprint density at radius 2 is 1.53 bits per heavy atom. The first-order valence-electron chi connectivity index (χ1n) is 6.46. The molecule has 2 N–H and O–H groups in total. The van der Waals surface area contributed by atoms with Crippen LogP contribution in [0.2, 0.25) is 0 Å². The van der Waals surface area contributed by atoms with Crippen LogP contribution in [0.15, 0.2) is 0 Å². The SMILES string of the molecule is CCCN(C(CC)(CC)CN)S(=O)(=O)CS(C)(=O)=O. The van der Waals surface area contributed by atoms with Crippen molar-refractivity contribution in [2.24, 2.45) is 5.73 Å². The van der Waals surface area contributed by atoms with Gasteiger partial charge in [0.05, 0.1) is 0 Å². The highest BCUT2D eigenvalue weighted by atomic mass is 32.3. The maximum Gasteiger partial charge on any atom is 0.229 e. The van der Waals surface area contributed by atoms with E-state index in [4.69, 9.17) is 5.73 Å². The smallest absolute Gasteiger partial charge is 0.229 e. The Balaban J connectivity index is 5.66. The number of sulfonamides is 1. The van der Waals surface area contributed by atoms with Gasteiger partial charge in [-0.25, -0.2) is 16.8 Å². The molecule has 0 bridgehead atoms. The summed E-state index contributed by atoms with van der Waals surface area (Å²) >= 11 is 0. The highest BCUT2D eigenvalue weighted by Gasteiger charge is 2.40. The van der Waals surface area contributed by atoms with Gasteiger partial charge in [-0.05, 0) is 19.3 Å². The van der Waals surface area contributed by atoms with Crippen molar-refractivity contribution in [3.63, 3.8) is 0 Å². The third-order valence-corrected chi connectivity index (χ3v) is 7.50. The number of hydrogen-bond acceptors (Lipinski definition) is 5. The van der Waals surface area contributed by atoms with Crippen LogP contribution < -0.4 is 5.73 Å². The van der Waals surface area contributed by atoms with Crippen LogP contribution in [0.4, 0.5) is 0 Å². The summed E-state index contributed by atoms with van der Waals surface area (Å²) in [7, 11) is -7.47. The maximum atomic E-state index is 12.4. The zero-order valence-electron chi connectivity index (χ0n) is 12.2. The first kappa shape index (κ1) is 18.8. The Bertz CT molecular complexity index is 459. The molecule has 0 saturated heterocycles. The third kappa shape index (κ3) is 5.02. The van der Waals surface area contributed by atoms with Gasteiger partial charge in [0.2, 0.25) is 10.0 Å². The molecular formula is C11H26N2O4S2. The van der Waals surface area contributed by atoms with Crippen LogP contribution in [-0.4, -0.2) is 51.1 Å². The minimum atomic E-state index is -3.87. The monoisotopic (exact) mass is 314 g/mol. The molecule has 0 spiro atoms. The van der Waals surface area contributed by atoms with Gasteiger partial charge in [0.1, 0.15) is 0 Å². The Labute approximate surface area is 117 Å². The second-order valence-electron chi connectivity index (χ2n) is 4.86. The minimum absolute atomic E-state index is 0.184. The predicted molar refractivity (Wildman–Crippen MR) is 78.0 cm³/mol. The summed E-state index contributed by atoms with van der Waals surface area (Å²) in [5, 5.41) is -0.859. The predicted octanol–water partition coefficient (Wildman–Crippen LogP) is 0.548. The molecule has 0 aromatic carbocycles. The van der Waals surface area contributed by atoms with Gasteiger partial charge < -0.3 is 5.73 Å². The first-order valence-corrected chi connectivity index (χ1v) is 10.1. The second-order valence-corrected chi connectivity index (χ2v) is 9.26. The fourth-order valence-corrected chi connectivity index (χ4v) is 6.26. The number of sulfone groups is 1. The van der Waals surface area contributed by atoms with Crippen molar-refractivity contribution in [1.29, 1.82) is 0 Å². The molecule has 0 aliphatic heterocycles. The lowest BCUT2D eigenvalue weighted by Gasteiger charge is -2.41. The van der Waals surface area contributed by atoms with Gasteiger partial charge in [0, 0.05) is 24.9 Å². The summed E-state index contributed by atoms with van der Waals surface area (Å²) in [6, 6.07) is 0. The molecular weight excluding hydrogens is 288 g/mol. The molecule has 0 amide bonds. The summed E-state index contributed by atoms with van der Waals surface area (Å²) in [5.74, 6) is 0. The number of hydrogen-bond donors (Lipinski definition) is 1. The van der Waals surface area contributed by atoms with Gasteiger partial charge in [-0.15, -0.1) is 0 Å². The quantitative estimate of drug-likeness (QED) is 0.670. The van der Waals surface area contributed by atoms with Crippen molar-refractivity contribution < 1.29 is 16.8 Å². The summed E-state index contributed by atoms with van der Waals surface area (Å²) < 4.78 is 48.6. The van der Waals surface area contributed by atoms with Crippen molar-refractivity contribution in [1.82, 2.24) is 4.31 Å². The van der Waals surface area contributed by atoms with Gasteiger partial charge >= 0.3 is 0 Å². The number of nitrogens with zero attached hydrogens (tertiary/aromatic N) is 1. The maximum absolute atomic E-state index is 12.4. The number of nitrogens with two attached hydrogens (primary N) is 1. The zero-order valence-corrected chi connectivity index (χ0v) is 13.8. The molecule has 0 unspecified atom stereocenters. The van der Waals surface area contributed by atoms with Crippen LogP contribution in [0.3, 0.4) is 0 Å². The van der Waals surface area contributed by atoms with Crippen molar-refractivity contribution in [2.45, 2.75) is 45.6 Å². The van der Waals surface area contributed by atoms with E-state index in [0.717, 1.165) is 6.26 Å². The molecule has 0 aromatic rings. The Hall–Kier alpha value is -0.180. The normalized spacial score (nSPS) is 14.0. The third-order valence-electron chi connectivity index (χ3n) is 3.35. The summed E-state index contributed by atoms with van der Waals surface area (Å²) in [5.41, 5.74) is 5.07. The second kappa shape index (κ2) is 7.01. The van der Waals surface area contributed by atoms with E-state index in [1.54, 1.807) is 0 Å². The average molecular weight is 314 g/mol. The van der Waals surface area contributed by atoms with Crippen LogP contribution in [0.5, 0.6) is 0 Å². The standard InChI is InChI=1S/C11H26N2O4S2/c1-5-8-13(11(6-2,7-3)9-12)19(16,17)10-18(4,14)15/h5-10,12H2,1-4H3. The topological polar surface area (TPSA) is 97.5 Å². The van der Waals surface area contributed by atoms with Crippen molar-refractivity contribution in [2.75, 3.05) is 24.4 Å². The van der Waals surface area contributed by atoms with Gasteiger partial charge in [-0.3, -0.25) is 0 Å². The summed E-state index contributed by atoms with van der Waals surface area (Å²) in [6.07, 6.45) is 2.66. The van der Waals surface area contributed by atoms with E-state index in [0.29, 0.717) is 19.3 Å². The highest BCUT2D eigenvalue weighted by molar-refractivity contribution is 8.06. The zero-order chi connectivity index (χ0) is 15.3. The van der Waals surface area contributed by atoms with E-state index in [2.05, 4.69) is 0 Å². The molecule has 0 aliphatic rings. The van der Waals surface area contributed by atoms with Crippen molar-refractivity contribution >= 4 is 19.9 Å². The van der Waals surface area contributed by atoms with Crippen molar-refractivity contribution in [3.05, 3.63) is 0 Å². The molecule has 0 heterocycles. The summed E-state index contributed by atoms with van der Waals surface area (Å²) in [6.45, 7) is 6.07. The minimum Gasteiger partial charge on any atom is -0.329 e. The fourth-order valence-electron chi connectivity index (χ4n) is 2.20. The van der Waals surface area contributed by atoms with Crippen LogP contribution in [0, 0.1) is 0 Å². The van der Waals surface area contributed by atoms with Gasteiger partial charge in [-0.2, -0.15) is 4.31 Å². The summed E-state index contributed by atoms with van der Waals surface area (Å²) in [4.78, 5) is 0. The van der Waals surface area contributed by atoms with Crippen LogP contribution in [0.25, 0.3) is 0 Å². The molecule has 0 aromatic heterocycles. The molecule has 116 valence electrons. The molecule has 0 rings (SSSR count). The van der Waals surface area contributed by atoms with Crippen LogP contribution in [0.1, 0.15) is 40.0 Å². The molecule has 19 heavy (non-hydrogen) atoms. The van der Waals surface area contributed by atoms with Crippen molar-refractivity contribution in [3.8, 4) is 0 Å². The number of rotatable bonds is 9. The molecule has 0 aliphatic carbocycles. The van der Waals surface area contributed by atoms with Gasteiger partial charge in [0.15, 0.2) is 14.9 Å². The lowest BCUT2D eigenvalue weighted by molar-refractivity contribution is 0.178. The van der Waals surface area contributed by atoms with E-state index in [9.17, 15) is 16.8 Å². The molecule has 0 saturated carbocycles. The Kier molecular flexibility index (Phi) is 6.94. The Morgan fingerprint density at radius 1 is 1.05 bits per heavy atom. The van der Waals surface area contributed by atoms with E-state index < -0.39 is 30.5 Å².